The van der Waals surface area contributed by atoms with Crippen LogP contribution in [0, 0.1) is 0 Å². The number of ether oxygens (including phenoxy) is 2. The van der Waals surface area contributed by atoms with Gasteiger partial charge in [-0.3, -0.25) is 4.79 Å². The van der Waals surface area contributed by atoms with E-state index < -0.39 is 0 Å². The Morgan fingerprint density at radius 1 is 0.844 bits per heavy atom. The molecule has 0 saturated carbocycles. The third kappa shape index (κ3) is 5.32. The van der Waals surface area contributed by atoms with E-state index in [1.807, 2.05) is 60.7 Å². The van der Waals surface area contributed by atoms with Gasteiger partial charge < -0.3 is 9.47 Å². The van der Waals surface area contributed by atoms with Crippen LogP contribution in [0.25, 0.3) is 21.8 Å². The molecule has 3 aromatic carbocycles. The minimum absolute atomic E-state index is 0.192. The molecular formula is C26H29N3O3. The molecule has 0 fully saturated rings. The average Bonchev–Trinajstić information content (AvgIpc) is 3.26. The lowest BCUT2D eigenvalue weighted by atomic mass is 10.1. The summed E-state index contributed by atoms with van der Waals surface area (Å²) < 4.78 is 12.4. The average molecular weight is 432 g/mol. The minimum Gasteiger partial charge on any atom is -0.494 e. The highest BCUT2D eigenvalue weighted by molar-refractivity contribution is 6.02. The number of benzene rings is 3. The van der Waals surface area contributed by atoms with E-state index in [4.69, 9.17) is 9.47 Å². The van der Waals surface area contributed by atoms with E-state index in [9.17, 15) is 4.79 Å². The number of carbonyl (C=O) groups is 1. The predicted molar refractivity (Wildman–Crippen MR) is 126 cm³/mol. The van der Waals surface area contributed by atoms with Crippen LogP contribution < -0.4 is 4.74 Å². The molecule has 6 heteroatoms. The number of hydrogen-bond acceptors (Lipinski definition) is 5. The highest BCUT2D eigenvalue weighted by Gasteiger charge is 2.14. The molecule has 0 radical (unpaired) electrons. The summed E-state index contributed by atoms with van der Waals surface area (Å²) in [6.07, 6.45) is 7.11. The summed E-state index contributed by atoms with van der Waals surface area (Å²) in [7, 11) is 1.75. The molecule has 4 rings (SSSR count). The van der Waals surface area contributed by atoms with Crippen molar-refractivity contribution in [2.45, 2.75) is 38.5 Å². The Morgan fingerprint density at radius 3 is 2.41 bits per heavy atom. The molecule has 0 atom stereocenters. The Morgan fingerprint density at radius 2 is 1.56 bits per heavy atom. The van der Waals surface area contributed by atoms with Gasteiger partial charge in [0.25, 0.3) is 5.91 Å². The zero-order valence-corrected chi connectivity index (χ0v) is 18.5. The predicted octanol–water partition coefficient (Wildman–Crippen LogP) is 5.64. The van der Waals surface area contributed by atoms with Crippen molar-refractivity contribution in [2.24, 2.45) is 0 Å². The Balaban J connectivity index is 1.33. The first kappa shape index (κ1) is 22.0. The smallest absolute Gasteiger partial charge is 0.280 e. The first-order valence-corrected chi connectivity index (χ1v) is 11.3. The van der Waals surface area contributed by atoms with Gasteiger partial charge in [-0.1, -0.05) is 55.2 Å². The topological polar surface area (TPSA) is 66.2 Å². The summed E-state index contributed by atoms with van der Waals surface area (Å²) in [5.74, 6) is 0.669. The first-order valence-electron chi connectivity index (χ1n) is 11.3. The van der Waals surface area contributed by atoms with Crippen LogP contribution in [-0.4, -0.2) is 41.2 Å². The Hall–Kier alpha value is -3.25. The van der Waals surface area contributed by atoms with Crippen molar-refractivity contribution in [3.05, 3.63) is 66.2 Å². The SMILES string of the molecule is COCCCCCCCCOc1ccc2cc(C(=O)n3nnc4ccccc43)ccc2c1. The van der Waals surface area contributed by atoms with Gasteiger partial charge in [-0.05, 0) is 60.0 Å². The number of aromatic nitrogens is 3. The van der Waals surface area contributed by atoms with Gasteiger partial charge in [-0.15, -0.1) is 5.10 Å². The lowest BCUT2D eigenvalue weighted by Gasteiger charge is -2.08. The quantitative estimate of drug-likeness (QED) is 0.288. The number of rotatable bonds is 11. The van der Waals surface area contributed by atoms with E-state index in [-0.39, 0.29) is 5.91 Å². The third-order valence-corrected chi connectivity index (χ3v) is 5.61. The molecule has 166 valence electrons. The van der Waals surface area contributed by atoms with Crippen LogP contribution in [0.3, 0.4) is 0 Å². The maximum Gasteiger partial charge on any atom is 0.280 e. The second-order valence-corrected chi connectivity index (χ2v) is 7.98. The zero-order valence-electron chi connectivity index (χ0n) is 18.5. The monoisotopic (exact) mass is 431 g/mol. The molecule has 0 amide bonds. The Bertz CT molecular complexity index is 1190. The van der Waals surface area contributed by atoms with Crippen molar-refractivity contribution >= 4 is 27.7 Å². The fraction of sp³-hybridized carbons (Fsp3) is 0.346. The molecule has 0 saturated heterocycles. The molecule has 4 aromatic rings. The second kappa shape index (κ2) is 10.9. The van der Waals surface area contributed by atoms with E-state index in [1.165, 1.54) is 30.4 Å². The van der Waals surface area contributed by atoms with Crippen molar-refractivity contribution in [3.63, 3.8) is 0 Å². The molecule has 0 aliphatic rings. The molecule has 1 aromatic heterocycles. The number of hydrogen-bond donors (Lipinski definition) is 0. The summed E-state index contributed by atoms with van der Waals surface area (Å²) >= 11 is 0. The number of carbonyl (C=O) groups excluding carboxylic acids is 1. The molecule has 0 unspecified atom stereocenters. The molecule has 0 N–H and O–H groups in total. The molecule has 6 nitrogen and oxygen atoms in total. The Kier molecular flexibility index (Phi) is 7.46. The maximum absolute atomic E-state index is 13.0. The standard InChI is InChI=1S/C26H29N3O3/c1-31-16-8-4-2-3-5-9-17-32-23-15-14-20-18-22(13-12-21(20)19-23)26(30)29-25-11-7-6-10-24(25)27-28-29/h6-7,10-15,18-19H,2-5,8-9,16-17H2,1H3. The van der Waals surface area contributed by atoms with Gasteiger partial charge in [0.15, 0.2) is 0 Å². The van der Waals surface area contributed by atoms with Crippen LogP contribution in [0.1, 0.15) is 48.9 Å². The van der Waals surface area contributed by atoms with E-state index >= 15 is 0 Å². The van der Waals surface area contributed by atoms with E-state index in [1.54, 1.807) is 7.11 Å². The van der Waals surface area contributed by atoms with E-state index in [2.05, 4.69) is 10.3 Å². The van der Waals surface area contributed by atoms with Crippen molar-refractivity contribution < 1.29 is 14.3 Å². The van der Waals surface area contributed by atoms with E-state index in [0.29, 0.717) is 16.6 Å². The fourth-order valence-electron chi connectivity index (χ4n) is 3.83. The van der Waals surface area contributed by atoms with Crippen LogP contribution in [0.15, 0.2) is 60.7 Å². The van der Waals surface area contributed by atoms with Crippen molar-refractivity contribution in [2.75, 3.05) is 20.3 Å². The summed E-state index contributed by atoms with van der Waals surface area (Å²) in [6, 6.07) is 19.1. The van der Waals surface area contributed by atoms with Crippen LogP contribution in [0.5, 0.6) is 5.75 Å². The third-order valence-electron chi connectivity index (χ3n) is 5.61. The number of nitrogens with zero attached hydrogens (tertiary/aromatic N) is 3. The largest absolute Gasteiger partial charge is 0.494 e. The molecule has 32 heavy (non-hydrogen) atoms. The summed E-state index contributed by atoms with van der Waals surface area (Å²) in [4.78, 5) is 13.0. The van der Waals surface area contributed by atoms with Gasteiger partial charge in [0.1, 0.15) is 11.3 Å². The molecular weight excluding hydrogens is 402 g/mol. The van der Waals surface area contributed by atoms with Gasteiger partial charge in [-0.2, -0.15) is 4.68 Å². The van der Waals surface area contributed by atoms with Crippen molar-refractivity contribution in [1.29, 1.82) is 0 Å². The van der Waals surface area contributed by atoms with Crippen LogP contribution in [0.4, 0.5) is 0 Å². The van der Waals surface area contributed by atoms with Crippen LogP contribution in [0.2, 0.25) is 0 Å². The number of fused-ring (bicyclic) bond motifs is 2. The van der Waals surface area contributed by atoms with Crippen molar-refractivity contribution in [3.8, 4) is 5.75 Å². The molecule has 0 aliphatic carbocycles. The maximum atomic E-state index is 13.0. The fourth-order valence-corrected chi connectivity index (χ4v) is 3.83. The number of unbranched alkanes of at least 4 members (excludes halogenated alkanes) is 5. The lowest BCUT2D eigenvalue weighted by Crippen LogP contribution is -2.13. The normalized spacial score (nSPS) is 11.3. The molecule has 0 bridgehead atoms. The molecule has 0 aliphatic heterocycles. The summed E-state index contributed by atoms with van der Waals surface area (Å²) in [6.45, 7) is 1.58. The van der Waals surface area contributed by atoms with Gasteiger partial charge in [-0.25, -0.2) is 0 Å². The molecule has 0 spiro atoms. The number of methoxy groups -OCH3 is 1. The summed E-state index contributed by atoms with van der Waals surface area (Å²) in [5.41, 5.74) is 1.98. The second-order valence-electron chi connectivity index (χ2n) is 7.98. The number of para-hydroxylation sites is 1. The van der Waals surface area contributed by atoms with Crippen LogP contribution in [-0.2, 0) is 4.74 Å². The zero-order chi connectivity index (χ0) is 22.2. The highest BCUT2D eigenvalue weighted by Crippen LogP contribution is 2.23. The van der Waals surface area contributed by atoms with E-state index in [0.717, 1.165) is 42.6 Å². The van der Waals surface area contributed by atoms with Gasteiger partial charge in [0, 0.05) is 19.3 Å². The lowest BCUT2D eigenvalue weighted by molar-refractivity contribution is 0.0948. The minimum atomic E-state index is -0.192. The summed E-state index contributed by atoms with van der Waals surface area (Å²) in [5, 5.41) is 10.1. The van der Waals surface area contributed by atoms with Gasteiger partial charge in [0.05, 0.1) is 12.1 Å². The molecule has 1 heterocycles. The highest BCUT2D eigenvalue weighted by atomic mass is 16.5. The van der Waals surface area contributed by atoms with Crippen LogP contribution >= 0.6 is 0 Å². The van der Waals surface area contributed by atoms with Gasteiger partial charge in [0.2, 0.25) is 0 Å². The van der Waals surface area contributed by atoms with Gasteiger partial charge >= 0.3 is 0 Å². The van der Waals surface area contributed by atoms with Crippen molar-refractivity contribution in [1.82, 2.24) is 15.0 Å². The Labute approximate surface area is 188 Å². The first-order chi connectivity index (χ1) is 15.8.